The molecule has 0 bridgehead atoms. The van der Waals surface area contributed by atoms with Crippen molar-refractivity contribution in [2.75, 3.05) is 17.7 Å². The summed E-state index contributed by atoms with van der Waals surface area (Å²) in [5.74, 6) is 0.698. The lowest BCUT2D eigenvalue weighted by molar-refractivity contribution is 0.0601. The Bertz CT molecular complexity index is 1130. The second-order valence-corrected chi connectivity index (χ2v) is 6.00. The fourth-order valence-corrected chi connectivity index (χ4v) is 2.71. The summed E-state index contributed by atoms with van der Waals surface area (Å²) in [6.45, 7) is 0. The molecule has 0 saturated heterocycles. The van der Waals surface area contributed by atoms with Crippen LogP contribution in [0.2, 0.25) is 0 Å². The van der Waals surface area contributed by atoms with Crippen LogP contribution in [0.1, 0.15) is 10.4 Å². The van der Waals surface area contributed by atoms with Gasteiger partial charge in [-0.2, -0.15) is 4.98 Å². The van der Waals surface area contributed by atoms with Crippen LogP contribution in [0.4, 0.5) is 23.1 Å². The SMILES string of the molecule is COC(=O)c1ccc(Nc2nccc(Nc3cnc4ccccc4c3)n2)cc1. The zero-order valence-electron chi connectivity index (χ0n) is 15.1. The normalized spacial score (nSPS) is 10.5. The molecule has 0 atom stereocenters. The van der Waals surface area contributed by atoms with E-state index in [9.17, 15) is 4.79 Å². The van der Waals surface area contributed by atoms with Gasteiger partial charge in [-0.3, -0.25) is 4.98 Å². The minimum atomic E-state index is -0.377. The maximum Gasteiger partial charge on any atom is 0.337 e. The van der Waals surface area contributed by atoms with E-state index in [0.29, 0.717) is 17.3 Å². The molecule has 0 saturated carbocycles. The van der Waals surface area contributed by atoms with Gasteiger partial charge in [0.2, 0.25) is 5.95 Å². The van der Waals surface area contributed by atoms with Crippen molar-refractivity contribution in [2.24, 2.45) is 0 Å². The predicted molar refractivity (Wildman–Crippen MR) is 108 cm³/mol. The van der Waals surface area contributed by atoms with Crippen LogP contribution in [-0.4, -0.2) is 28.0 Å². The minimum absolute atomic E-state index is 0.377. The molecule has 0 fully saturated rings. The molecule has 0 aliphatic carbocycles. The summed E-state index contributed by atoms with van der Waals surface area (Å²) < 4.78 is 4.70. The van der Waals surface area contributed by atoms with Gasteiger partial charge in [0.25, 0.3) is 0 Å². The molecule has 7 nitrogen and oxygen atoms in total. The molecule has 0 unspecified atom stereocenters. The fourth-order valence-electron chi connectivity index (χ4n) is 2.71. The molecule has 0 spiro atoms. The highest BCUT2D eigenvalue weighted by atomic mass is 16.5. The Morgan fingerprint density at radius 3 is 2.57 bits per heavy atom. The third-order valence-electron chi connectivity index (χ3n) is 4.08. The van der Waals surface area contributed by atoms with Crippen molar-refractivity contribution in [3.63, 3.8) is 0 Å². The van der Waals surface area contributed by atoms with Crippen LogP contribution >= 0.6 is 0 Å². The number of esters is 1. The molecular weight excluding hydrogens is 354 g/mol. The summed E-state index contributed by atoms with van der Waals surface area (Å²) in [5, 5.41) is 7.40. The van der Waals surface area contributed by atoms with Gasteiger partial charge in [-0.1, -0.05) is 18.2 Å². The smallest absolute Gasteiger partial charge is 0.337 e. The number of hydrogen-bond donors (Lipinski definition) is 2. The first kappa shape index (κ1) is 17.4. The highest BCUT2D eigenvalue weighted by Crippen LogP contribution is 2.20. The summed E-state index contributed by atoms with van der Waals surface area (Å²) in [7, 11) is 1.35. The molecule has 0 aliphatic heterocycles. The average molecular weight is 371 g/mol. The summed E-state index contributed by atoms with van der Waals surface area (Å²) >= 11 is 0. The molecule has 4 rings (SSSR count). The van der Waals surface area contributed by atoms with Crippen molar-refractivity contribution in [2.45, 2.75) is 0 Å². The maximum atomic E-state index is 11.5. The molecule has 0 amide bonds. The predicted octanol–water partition coefficient (Wildman–Crippen LogP) is 4.30. The number of aromatic nitrogens is 3. The minimum Gasteiger partial charge on any atom is -0.465 e. The number of nitrogens with zero attached hydrogens (tertiary/aromatic N) is 3. The topological polar surface area (TPSA) is 89.0 Å². The van der Waals surface area contributed by atoms with Crippen LogP contribution in [0.5, 0.6) is 0 Å². The zero-order chi connectivity index (χ0) is 19.3. The standard InChI is InChI=1S/C21H17N5O2/c1-28-20(27)14-6-8-16(9-7-14)25-21-22-11-10-19(26-21)24-17-12-15-4-2-3-5-18(15)23-13-17/h2-13H,1H3,(H2,22,24,25,26). The van der Waals surface area contributed by atoms with Crippen LogP contribution in [0, 0.1) is 0 Å². The van der Waals surface area contributed by atoms with E-state index in [4.69, 9.17) is 4.74 Å². The molecular formula is C21H17N5O2. The van der Waals surface area contributed by atoms with E-state index in [1.165, 1.54) is 7.11 Å². The summed E-state index contributed by atoms with van der Waals surface area (Å²) in [4.78, 5) is 24.6. The van der Waals surface area contributed by atoms with Crippen molar-refractivity contribution in [1.29, 1.82) is 0 Å². The van der Waals surface area contributed by atoms with Gasteiger partial charge in [-0.25, -0.2) is 9.78 Å². The molecule has 0 aliphatic rings. The summed E-state index contributed by atoms with van der Waals surface area (Å²) in [5.41, 5.74) is 3.02. The number of carbonyl (C=O) groups excluding carboxylic acids is 1. The van der Waals surface area contributed by atoms with Crippen LogP contribution in [-0.2, 0) is 4.74 Å². The average Bonchev–Trinajstić information content (AvgIpc) is 2.74. The van der Waals surface area contributed by atoms with E-state index in [1.807, 2.05) is 30.3 Å². The number of ether oxygens (including phenoxy) is 1. The fraction of sp³-hybridized carbons (Fsp3) is 0.0476. The summed E-state index contributed by atoms with van der Waals surface area (Å²) in [6, 6.07) is 18.6. The lowest BCUT2D eigenvalue weighted by Gasteiger charge is -2.09. The van der Waals surface area contributed by atoms with Crippen LogP contribution in [0.15, 0.2) is 73.1 Å². The number of hydrogen-bond acceptors (Lipinski definition) is 7. The second kappa shape index (κ2) is 7.71. The van der Waals surface area contributed by atoms with E-state index < -0.39 is 0 Å². The molecule has 7 heteroatoms. The molecule has 138 valence electrons. The Morgan fingerprint density at radius 2 is 1.75 bits per heavy atom. The van der Waals surface area contributed by atoms with Crippen LogP contribution in [0.3, 0.4) is 0 Å². The van der Waals surface area contributed by atoms with Gasteiger partial charge in [0, 0.05) is 17.3 Å². The van der Waals surface area contributed by atoms with E-state index in [-0.39, 0.29) is 5.97 Å². The van der Waals surface area contributed by atoms with Crippen LogP contribution < -0.4 is 10.6 Å². The van der Waals surface area contributed by atoms with E-state index in [1.54, 1.807) is 42.7 Å². The number of anilines is 4. The number of rotatable bonds is 5. The largest absolute Gasteiger partial charge is 0.465 e. The van der Waals surface area contributed by atoms with Gasteiger partial charge < -0.3 is 15.4 Å². The first-order chi connectivity index (χ1) is 13.7. The van der Waals surface area contributed by atoms with Gasteiger partial charge in [-0.05, 0) is 42.5 Å². The Morgan fingerprint density at radius 1 is 0.929 bits per heavy atom. The number of para-hydroxylation sites is 1. The van der Waals surface area contributed by atoms with Crippen molar-refractivity contribution < 1.29 is 9.53 Å². The number of benzene rings is 2. The quantitative estimate of drug-likeness (QED) is 0.506. The highest BCUT2D eigenvalue weighted by molar-refractivity contribution is 5.89. The molecule has 0 radical (unpaired) electrons. The van der Waals surface area contributed by atoms with Gasteiger partial charge in [0.05, 0.1) is 30.1 Å². The highest BCUT2D eigenvalue weighted by Gasteiger charge is 2.06. The molecule has 2 aromatic heterocycles. The van der Waals surface area contributed by atoms with Crippen molar-refractivity contribution >= 4 is 40.0 Å². The van der Waals surface area contributed by atoms with Crippen molar-refractivity contribution in [3.05, 3.63) is 78.6 Å². The van der Waals surface area contributed by atoms with Gasteiger partial charge in [-0.15, -0.1) is 0 Å². The number of methoxy groups -OCH3 is 1. The number of carbonyl (C=O) groups is 1. The Labute approximate surface area is 161 Å². The number of nitrogens with one attached hydrogen (secondary N) is 2. The van der Waals surface area contributed by atoms with E-state index in [2.05, 4.69) is 25.6 Å². The Kier molecular flexibility index (Phi) is 4.79. The first-order valence-electron chi connectivity index (χ1n) is 8.61. The number of pyridine rings is 1. The Hall–Kier alpha value is -4.00. The number of fused-ring (bicyclic) bond motifs is 1. The zero-order valence-corrected chi connectivity index (χ0v) is 15.1. The van der Waals surface area contributed by atoms with Crippen molar-refractivity contribution in [1.82, 2.24) is 15.0 Å². The van der Waals surface area contributed by atoms with Gasteiger partial charge in [0.1, 0.15) is 5.82 Å². The Balaban J connectivity index is 1.50. The molecule has 2 N–H and O–H groups in total. The lowest BCUT2D eigenvalue weighted by Crippen LogP contribution is -2.02. The van der Waals surface area contributed by atoms with Crippen molar-refractivity contribution in [3.8, 4) is 0 Å². The van der Waals surface area contributed by atoms with Crippen LogP contribution in [0.25, 0.3) is 10.9 Å². The second-order valence-electron chi connectivity index (χ2n) is 6.00. The molecule has 2 heterocycles. The van der Waals surface area contributed by atoms with E-state index in [0.717, 1.165) is 22.3 Å². The monoisotopic (exact) mass is 371 g/mol. The molecule has 28 heavy (non-hydrogen) atoms. The third kappa shape index (κ3) is 3.88. The van der Waals surface area contributed by atoms with Gasteiger partial charge in [0.15, 0.2) is 0 Å². The first-order valence-corrected chi connectivity index (χ1v) is 8.61. The summed E-state index contributed by atoms with van der Waals surface area (Å²) in [6.07, 6.45) is 3.43. The van der Waals surface area contributed by atoms with E-state index >= 15 is 0 Å². The molecule has 4 aromatic rings. The lowest BCUT2D eigenvalue weighted by atomic mass is 10.2. The van der Waals surface area contributed by atoms with Gasteiger partial charge >= 0.3 is 5.97 Å². The molecule has 2 aromatic carbocycles. The maximum absolute atomic E-state index is 11.5. The third-order valence-corrected chi connectivity index (χ3v) is 4.08.